The Labute approximate surface area is 193 Å². The first-order valence-electron chi connectivity index (χ1n) is 11.1. The maximum absolute atomic E-state index is 13.0. The zero-order valence-electron chi connectivity index (χ0n) is 19.0. The van der Waals surface area contributed by atoms with E-state index in [0.717, 1.165) is 28.0 Å². The van der Waals surface area contributed by atoms with Crippen LogP contribution in [0.1, 0.15) is 45.6 Å². The van der Waals surface area contributed by atoms with Crippen LogP contribution in [0.2, 0.25) is 0 Å². The van der Waals surface area contributed by atoms with Gasteiger partial charge in [-0.25, -0.2) is 0 Å². The zero-order valence-corrected chi connectivity index (χ0v) is 19.0. The van der Waals surface area contributed by atoms with Crippen LogP contribution in [0.15, 0.2) is 72.8 Å². The first-order valence-corrected chi connectivity index (χ1v) is 11.1. The van der Waals surface area contributed by atoms with Crippen LogP contribution in [0, 0.1) is 13.8 Å². The molecule has 1 heterocycles. The van der Waals surface area contributed by atoms with E-state index in [0.29, 0.717) is 12.2 Å². The van der Waals surface area contributed by atoms with Crippen LogP contribution >= 0.6 is 0 Å². The summed E-state index contributed by atoms with van der Waals surface area (Å²) in [6, 6.07) is 21.8. The third-order valence-electron chi connectivity index (χ3n) is 5.64. The minimum absolute atomic E-state index is 0.261. The summed E-state index contributed by atoms with van der Waals surface area (Å²) >= 11 is 0. The molecule has 33 heavy (non-hydrogen) atoms. The minimum atomic E-state index is -0.750. The summed E-state index contributed by atoms with van der Waals surface area (Å²) in [5.74, 6) is 0.247. The van der Waals surface area contributed by atoms with Crippen molar-refractivity contribution in [3.05, 3.63) is 101 Å². The van der Waals surface area contributed by atoms with Gasteiger partial charge in [-0.05, 0) is 57.2 Å². The molecule has 3 aromatic rings. The molecular weight excluding hydrogens is 414 g/mol. The fourth-order valence-corrected chi connectivity index (χ4v) is 3.85. The summed E-state index contributed by atoms with van der Waals surface area (Å²) in [6.45, 7) is 6.52. The third-order valence-corrected chi connectivity index (χ3v) is 5.64. The molecule has 168 valence electrons. The Morgan fingerprint density at radius 1 is 0.970 bits per heavy atom. The van der Waals surface area contributed by atoms with Gasteiger partial charge in [0.25, 0.3) is 5.91 Å². The number of hydrazone groups is 1. The van der Waals surface area contributed by atoms with Gasteiger partial charge in [0, 0.05) is 16.7 Å². The average Bonchev–Trinajstić information content (AvgIpc) is 3.10. The molecule has 6 heteroatoms. The number of carbonyl (C=O) groups is 2. The van der Waals surface area contributed by atoms with Crippen molar-refractivity contribution in [2.24, 2.45) is 0 Å². The van der Waals surface area contributed by atoms with Gasteiger partial charge in [0.2, 0.25) is 12.3 Å². The smallest absolute Gasteiger partial charge is 0.304 e. The summed E-state index contributed by atoms with van der Waals surface area (Å²) in [5, 5.41) is 2.94. The molecule has 1 aliphatic rings. The van der Waals surface area contributed by atoms with E-state index in [-0.39, 0.29) is 11.8 Å². The maximum atomic E-state index is 13.0. The molecule has 0 spiro atoms. The molecular formula is C27H28N3O3+. The quantitative estimate of drug-likeness (QED) is 0.572. The highest BCUT2D eigenvalue weighted by molar-refractivity contribution is 5.98. The highest BCUT2D eigenvalue weighted by Gasteiger charge is 2.47. The number of benzene rings is 3. The highest BCUT2D eigenvalue weighted by atomic mass is 16.5. The van der Waals surface area contributed by atoms with Gasteiger partial charge < -0.3 is 10.1 Å². The van der Waals surface area contributed by atoms with Gasteiger partial charge in [-0.2, -0.15) is 0 Å². The van der Waals surface area contributed by atoms with Crippen LogP contribution in [0.5, 0.6) is 5.75 Å². The summed E-state index contributed by atoms with van der Waals surface area (Å²) in [5.41, 5.74) is 7.45. The van der Waals surface area contributed by atoms with Gasteiger partial charge in [-0.3, -0.25) is 9.59 Å². The number of carbonyl (C=O) groups excluding carboxylic acids is 2. The molecule has 4 rings (SSSR count). The average molecular weight is 443 g/mol. The van der Waals surface area contributed by atoms with Crippen molar-refractivity contribution in [3.63, 3.8) is 0 Å². The number of rotatable bonds is 6. The fraction of sp³-hybridized carbons (Fsp3) is 0.222. The predicted octanol–water partition coefficient (Wildman–Crippen LogP) is 3.72. The first-order chi connectivity index (χ1) is 15.9. The monoisotopic (exact) mass is 442 g/mol. The Kier molecular flexibility index (Phi) is 6.54. The standard InChI is InChI=1S/C27H27N3O3/c1-4-33-23-15-9-20(10-16-23)17-30-25(21-11-5-18(2)6-12-21)24(27(32)29-30)28-26(31)22-13-7-19(3)8-14-22/h5-17,24-25H,4H2,1-3H3,(H-,28,29,31,32)/p+1/b30-17-/t24-,25-/m1/s1. The van der Waals surface area contributed by atoms with Crippen molar-refractivity contribution in [2.45, 2.75) is 32.9 Å². The van der Waals surface area contributed by atoms with E-state index in [1.807, 2.05) is 87.6 Å². The number of amides is 2. The Bertz CT molecular complexity index is 1170. The van der Waals surface area contributed by atoms with Gasteiger partial charge in [0.1, 0.15) is 5.75 Å². The Hall–Kier alpha value is -3.93. The van der Waals surface area contributed by atoms with E-state index in [2.05, 4.69) is 10.7 Å². The number of hydrogen-bond donors (Lipinski definition) is 2. The van der Waals surface area contributed by atoms with Crippen molar-refractivity contribution in [1.29, 1.82) is 0 Å². The molecule has 0 saturated carbocycles. The number of nitrogens with one attached hydrogen (secondary N) is 2. The largest absolute Gasteiger partial charge is 0.494 e. The number of aryl methyl sites for hydroxylation is 2. The second-order valence-electron chi connectivity index (χ2n) is 8.19. The maximum Gasteiger partial charge on any atom is 0.304 e. The molecule has 2 N–H and O–H groups in total. The molecule has 0 aromatic heterocycles. The van der Waals surface area contributed by atoms with Crippen LogP contribution in [-0.2, 0) is 4.79 Å². The molecule has 0 radical (unpaired) electrons. The first kappa shape index (κ1) is 22.3. The molecule has 1 fully saturated rings. The lowest BCUT2D eigenvalue weighted by molar-refractivity contribution is -0.596. The van der Waals surface area contributed by atoms with Crippen LogP contribution < -0.4 is 15.5 Å². The second kappa shape index (κ2) is 9.69. The fourth-order valence-electron chi connectivity index (χ4n) is 3.85. The molecule has 1 aliphatic heterocycles. The lowest BCUT2D eigenvalue weighted by Crippen LogP contribution is -2.42. The second-order valence-corrected chi connectivity index (χ2v) is 8.19. The molecule has 0 aliphatic carbocycles. The molecule has 6 nitrogen and oxygen atoms in total. The summed E-state index contributed by atoms with van der Waals surface area (Å²) in [7, 11) is 0. The van der Waals surface area contributed by atoms with E-state index in [1.54, 1.807) is 16.8 Å². The van der Waals surface area contributed by atoms with Crippen LogP contribution in [0.4, 0.5) is 0 Å². The summed E-state index contributed by atoms with van der Waals surface area (Å²) in [6.07, 6.45) is 1.87. The van der Waals surface area contributed by atoms with E-state index < -0.39 is 12.1 Å². The molecule has 0 unspecified atom stereocenters. The topological polar surface area (TPSA) is 70.4 Å². The molecule has 2 amide bonds. The van der Waals surface area contributed by atoms with Crippen molar-refractivity contribution >= 4 is 18.0 Å². The molecule has 2 atom stereocenters. The van der Waals surface area contributed by atoms with Crippen LogP contribution in [-0.4, -0.2) is 35.4 Å². The zero-order chi connectivity index (χ0) is 23.4. The predicted molar refractivity (Wildman–Crippen MR) is 128 cm³/mol. The van der Waals surface area contributed by atoms with E-state index in [1.165, 1.54) is 0 Å². The van der Waals surface area contributed by atoms with Crippen LogP contribution in [0.25, 0.3) is 0 Å². The van der Waals surface area contributed by atoms with E-state index >= 15 is 0 Å². The van der Waals surface area contributed by atoms with Gasteiger partial charge in [-0.15, -0.1) is 10.1 Å². The molecule has 0 bridgehead atoms. The van der Waals surface area contributed by atoms with Crippen LogP contribution in [0.3, 0.4) is 0 Å². The molecule has 3 aromatic carbocycles. The third kappa shape index (κ3) is 5.12. The lowest BCUT2D eigenvalue weighted by Gasteiger charge is -2.15. The highest BCUT2D eigenvalue weighted by Crippen LogP contribution is 2.26. The van der Waals surface area contributed by atoms with Crippen molar-refractivity contribution in [2.75, 3.05) is 6.61 Å². The normalized spacial score (nSPS) is 18.8. The Morgan fingerprint density at radius 3 is 2.18 bits per heavy atom. The SMILES string of the molecule is CCOc1ccc(/C=[N+]2\NC(=O)[C@H](NC(=O)c3ccc(C)cc3)[C@H]2c2ccc(C)cc2)cc1. The Balaban J connectivity index is 1.66. The van der Waals surface area contributed by atoms with Crippen molar-refractivity contribution in [3.8, 4) is 5.75 Å². The lowest BCUT2D eigenvalue weighted by atomic mass is 9.98. The minimum Gasteiger partial charge on any atom is -0.494 e. The number of ether oxygens (including phenoxy) is 1. The number of hydrazine groups is 1. The van der Waals surface area contributed by atoms with Gasteiger partial charge in [0.05, 0.1) is 6.61 Å². The van der Waals surface area contributed by atoms with Gasteiger partial charge in [-0.1, -0.05) is 47.5 Å². The van der Waals surface area contributed by atoms with Gasteiger partial charge in [0.15, 0.2) is 6.04 Å². The summed E-state index contributed by atoms with van der Waals surface area (Å²) in [4.78, 5) is 25.9. The van der Waals surface area contributed by atoms with Gasteiger partial charge >= 0.3 is 5.91 Å². The number of hydrogen-bond acceptors (Lipinski definition) is 3. The van der Waals surface area contributed by atoms with Crippen molar-refractivity contribution in [1.82, 2.24) is 10.7 Å². The van der Waals surface area contributed by atoms with E-state index in [4.69, 9.17) is 4.74 Å². The van der Waals surface area contributed by atoms with E-state index in [9.17, 15) is 9.59 Å². The Morgan fingerprint density at radius 2 is 1.58 bits per heavy atom. The number of nitrogens with zero attached hydrogens (tertiary/aromatic N) is 1. The van der Waals surface area contributed by atoms with Crippen molar-refractivity contribution < 1.29 is 19.0 Å². The molecule has 1 saturated heterocycles. The summed E-state index contributed by atoms with van der Waals surface area (Å²) < 4.78 is 7.28.